The predicted molar refractivity (Wildman–Crippen MR) is 100 cm³/mol. The largest absolute Gasteiger partial charge is 0.332 e. The number of thioether (sulfide) groups is 1. The van der Waals surface area contributed by atoms with E-state index in [2.05, 4.69) is 11.1 Å². The zero-order chi connectivity index (χ0) is 17.4. The van der Waals surface area contributed by atoms with Crippen molar-refractivity contribution in [3.05, 3.63) is 40.3 Å². The van der Waals surface area contributed by atoms with Gasteiger partial charge in [0, 0.05) is 23.0 Å². The molecule has 0 aliphatic carbocycles. The lowest BCUT2D eigenvalue weighted by Gasteiger charge is -2.31. The number of anilines is 1. The van der Waals surface area contributed by atoms with Gasteiger partial charge in [-0.3, -0.25) is 9.59 Å². The van der Waals surface area contributed by atoms with Crippen molar-refractivity contribution in [1.29, 1.82) is 0 Å². The van der Waals surface area contributed by atoms with Gasteiger partial charge in [-0.2, -0.15) is 0 Å². The quantitative estimate of drug-likeness (QED) is 0.829. The smallest absolute Gasteiger partial charge is 0.243 e. The molecule has 1 atom stereocenters. The summed E-state index contributed by atoms with van der Waals surface area (Å²) in [5, 5.41) is 2.93. The maximum Gasteiger partial charge on any atom is 0.243 e. The van der Waals surface area contributed by atoms with Crippen LogP contribution in [0.3, 0.4) is 0 Å². The summed E-state index contributed by atoms with van der Waals surface area (Å²) in [5.74, 6) is 0.392. The van der Waals surface area contributed by atoms with Gasteiger partial charge in [0.25, 0.3) is 0 Å². The Morgan fingerprint density at radius 3 is 3.08 bits per heavy atom. The third-order valence-corrected chi connectivity index (χ3v) is 6.57. The van der Waals surface area contributed by atoms with E-state index < -0.39 is 0 Å². The molecule has 1 saturated heterocycles. The van der Waals surface area contributed by atoms with Crippen LogP contribution in [0.1, 0.15) is 29.5 Å². The first-order valence-electron chi connectivity index (χ1n) is 8.36. The van der Waals surface area contributed by atoms with E-state index in [1.54, 1.807) is 34.2 Å². The van der Waals surface area contributed by atoms with Gasteiger partial charge in [-0.15, -0.1) is 23.1 Å². The van der Waals surface area contributed by atoms with Gasteiger partial charge >= 0.3 is 0 Å². The number of rotatable bonds is 3. The molecular formula is C18H19N3O2S2. The highest BCUT2D eigenvalue weighted by Gasteiger charge is 2.34. The monoisotopic (exact) mass is 373 g/mol. The molecule has 2 aliphatic rings. The Bertz CT molecular complexity index is 807. The van der Waals surface area contributed by atoms with Crippen molar-refractivity contribution in [2.24, 2.45) is 0 Å². The van der Waals surface area contributed by atoms with Crippen molar-refractivity contribution in [3.63, 3.8) is 0 Å². The number of carbonyl (C=O) groups is 2. The molecular weight excluding hydrogens is 354 g/mol. The summed E-state index contributed by atoms with van der Waals surface area (Å²) in [6.07, 6.45) is 3.71. The Hall–Kier alpha value is -1.86. The zero-order valence-electron chi connectivity index (χ0n) is 14.0. The highest BCUT2D eigenvalue weighted by atomic mass is 32.2. The number of carbonyl (C=O) groups excluding carboxylic acids is 2. The fraction of sp³-hybridized carbons (Fsp3) is 0.389. The average Bonchev–Trinajstić information content (AvgIpc) is 3.27. The lowest BCUT2D eigenvalue weighted by molar-refractivity contribution is -0.132. The number of hydrogen-bond donors (Lipinski definition) is 0. The number of hydrogen-bond acceptors (Lipinski definition) is 5. The van der Waals surface area contributed by atoms with Crippen molar-refractivity contribution in [1.82, 2.24) is 9.88 Å². The van der Waals surface area contributed by atoms with Crippen molar-refractivity contribution in [3.8, 4) is 0 Å². The third kappa shape index (κ3) is 3.18. The first kappa shape index (κ1) is 16.6. The van der Waals surface area contributed by atoms with Crippen LogP contribution in [-0.4, -0.2) is 40.5 Å². The van der Waals surface area contributed by atoms with Gasteiger partial charge in [-0.1, -0.05) is 6.07 Å². The van der Waals surface area contributed by atoms with Crippen LogP contribution < -0.4 is 4.90 Å². The van der Waals surface area contributed by atoms with Crippen molar-refractivity contribution < 1.29 is 9.59 Å². The molecule has 1 fully saturated rings. The Labute approximate surface area is 155 Å². The van der Waals surface area contributed by atoms with Crippen LogP contribution in [0.5, 0.6) is 0 Å². The van der Waals surface area contributed by atoms with Gasteiger partial charge in [0.15, 0.2) is 0 Å². The summed E-state index contributed by atoms with van der Waals surface area (Å²) in [6, 6.07) is 6.07. The molecule has 2 amide bonds. The number of aryl methyl sites for hydroxylation is 1. The van der Waals surface area contributed by atoms with Crippen molar-refractivity contribution in [2.75, 3.05) is 23.7 Å². The van der Waals surface area contributed by atoms with E-state index in [4.69, 9.17) is 0 Å². The van der Waals surface area contributed by atoms with E-state index in [1.807, 2.05) is 29.3 Å². The average molecular weight is 374 g/mol. The summed E-state index contributed by atoms with van der Waals surface area (Å²) >= 11 is 3.14. The van der Waals surface area contributed by atoms with Crippen LogP contribution in [-0.2, 0) is 9.59 Å². The van der Waals surface area contributed by atoms with E-state index >= 15 is 0 Å². The predicted octanol–water partition coefficient (Wildman–Crippen LogP) is 3.25. The second-order valence-electron chi connectivity index (χ2n) is 6.36. The summed E-state index contributed by atoms with van der Waals surface area (Å²) in [6.45, 7) is 2.88. The molecule has 5 nitrogen and oxygen atoms in total. The summed E-state index contributed by atoms with van der Waals surface area (Å²) < 4.78 is 0. The first-order chi connectivity index (χ1) is 12.1. The van der Waals surface area contributed by atoms with Gasteiger partial charge < -0.3 is 9.80 Å². The molecule has 0 N–H and O–H groups in total. The maximum absolute atomic E-state index is 12.9. The molecule has 0 unspecified atom stereocenters. The highest BCUT2D eigenvalue weighted by molar-refractivity contribution is 8.00. The molecule has 4 rings (SSSR count). The molecule has 1 aromatic heterocycles. The van der Waals surface area contributed by atoms with Crippen LogP contribution in [0.2, 0.25) is 0 Å². The van der Waals surface area contributed by atoms with Crippen molar-refractivity contribution in [2.45, 2.75) is 30.7 Å². The number of aromatic nitrogens is 1. The number of benzene rings is 1. The topological polar surface area (TPSA) is 53.5 Å². The van der Waals surface area contributed by atoms with E-state index in [0.717, 1.165) is 40.5 Å². The minimum absolute atomic E-state index is 0.000279. The summed E-state index contributed by atoms with van der Waals surface area (Å²) in [5.41, 5.74) is 2.01. The third-order valence-electron chi connectivity index (χ3n) is 4.66. The Kier molecular flexibility index (Phi) is 4.52. The molecule has 0 spiro atoms. The molecule has 0 bridgehead atoms. The molecule has 1 aromatic carbocycles. The van der Waals surface area contributed by atoms with Gasteiger partial charge in [-0.05, 0) is 37.5 Å². The second-order valence-corrected chi connectivity index (χ2v) is 8.30. The van der Waals surface area contributed by atoms with Gasteiger partial charge in [0.2, 0.25) is 11.8 Å². The number of fused-ring (bicyclic) bond motifs is 1. The lowest BCUT2D eigenvalue weighted by atomic mass is 10.2. The van der Waals surface area contributed by atoms with Crippen LogP contribution in [0.15, 0.2) is 34.7 Å². The molecule has 2 aromatic rings. The zero-order valence-corrected chi connectivity index (χ0v) is 15.6. The highest BCUT2D eigenvalue weighted by Crippen LogP contribution is 2.37. The van der Waals surface area contributed by atoms with Crippen LogP contribution in [0.25, 0.3) is 0 Å². The van der Waals surface area contributed by atoms with Crippen molar-refractivity contribution >= 4 is 40.6 Å². The Balaban J connectivity index is 1.55. The molecule has 3 heterocycles. The Morgan fingerprint density at radius 1 is 1.40 bits per heavy atom. The molecule has 0 saturated carbocycles. The van der Waals surface area contributed by atoms with Gasteiger partial charge in [0.1, 0.15) is 11.6 Å². The molecule has 25 heavy (non-hydrogen) atoms. The molecule has 130 valence electrons. The SMILES string of the molecule is Cc1ccc2c(c1)SCC(=O)N2CC(=O)N1CCC[C@@H]1c1nccs1. The van der Waals surface area contributed by atoms with E-state index in [0.29, 0.717) is 5.75 Å². The molecule has 7 heteroatoms. The maximum atomic E-state index is 12.9. The Morgan fingerprint density at radius 2 is 2.28 bits per heavy atom. The van der Waals surface area contributed by atoms with Gasteiger partial charge in [-0.25, -0.2) is 4.98 Å². The second kappa shape index (κ2) is 6.80. The minimum Gasteiger partial charge on any atom is -0.332 e. The number of nitrogens with zero attached hydrogens (tertiary/aromatic N) is 3. The standard InChI is InChI=1S/C18H19N3O2S2/c1-12-4-5-13-15(9-12)25-11-17(23)21(13)10-16(22)20-7-2-3-14(20)18-19-6-8-24-18/h4-6,8-9,14H,2-3,7,10-11H2,1H3/t14-/m1/s1. The fourth-order valence-corrected chi connectivity index (χ4v) is 5.25. The minimum atomic E-state index is -0.000279. The van der Waals surface area contributed by atoms with Crippen LogP contribution >= 0.6 is 23.1 Å². The number of amides is 2. The first-order valence-corrected chi connectivity index (χ1v) is 10.2. The van der Waals surface area contributed by atoms with E-state index in [1.165, 1.54) is 0 Å². The summed E-state index contributed by atoms with van der Waals surface area (Å²) in [4.78, 5) is 34.4. The summed E-state index contributed by atoms with van der Waals surface area (Å²) in [7, 11) is 0. The van der Waals surface area contributed by atoms with Gasteiger partial charge in [0.05, 0.1) is 17.5 Å². The van der Waals surface area contributed by atoms with Crippen LogP contribution in [0, 0.1) is 6.92 Å². The normalized spacial score (nSPS) is 20.0. The molecule has 0 radical (unpaired) electrons. The number of likely N-dealkylation sites (tertiary alicyclic amines) is 1. The van der Waals surface area contributed by atoms with E-state index in [9.17, 15) is 9.59 Å². The lowest BCUT2D eigenvalue weighted by Crippen LogP contribution is -2.44. The fourth-order valence-electron chi connectivity index (χ4n) is 3.43. The number of thiazole rings is 1. The molecule has 2 aliphatic heterocycles. The van der Waals surface area contributed by atoms with Crippen LogP contribution in [0.4, 0.5) is 5.69 Å². The van der Waals surface area contributed by atoms with E-state index in [-0.39, 0.29) is 24.4 Å².